The molecule has 15 heteroatoms. The van der Waals surface area contributed by atoms with Gasteiger partial charge in [0.2, 0.25) is 0 Å². The lowest BCUT2D eigenvalue weighted by Crippen LogP contribution is -2.52. The van der Waals surface area contributed by atoms with Gasteiger partial charge in [-0.1, -0.05) is 41.5 Å². The van der Waals surface area contributed by atoms with E-state index in [9.17, 15) is 28.3 Å². The summed E-state index contributed by atoms with van der Waals surface area (Å²) in [6, 6.07) is 7.46. The van der Waals surface area contributed by atoms with Gasteiger partial charge in [-0.15, -0.1) is 6.58 Å². The topological polar surface area (TPSA) is 189 Å². The summed E-state index contributed by atoms with van der Waals surface area (Å²) in [6.45, 7) is 8.87. The Morgan fingerprint density at radius 3 is 2.50 bits per heavy atom. The Kier molecular flexibility index (Phi) is 11.1. The summed E-state index contributed by atoms with van der Waals surface area (Å²) in [7, 11) is -3.28. The van der Waals surface area contributed by atoms with E-state index in [1.807, 2.05) is 0 Å². The smallest absolute Gasteiger partial charge is 0.408 e. The van der Waals surface area contributed by atoms with E-state index in [-0.39, 0.29) is 13.0 Å². The molecule has 1 amide bonds. The summed E-state index contributed by atoms with van der Waals surface area (Å²) in [5.41, 5.74) is 7.29. The van der Waals surface area contributed by atoms with Gasteiger partial charge in [0.15, 0.2) is 5.54 Å². The maximum Gasteiger partial charge on any atom is 0.408 e. The Labute approximate surface area is 233 Å². The number of benzene rings is 1. The largest absolute Gasteiger partial charge is 0.467 e. The Hall–Kier alpha value is -3.65. The molecule has 2 N–H and O–H groups in total. The van der Waals surface area contributed by atoms with E-state index in [4.69, 9.17) is 9.47 Å². The first-order chi connectivity index (χ1) is 18.7. The molecule has 1 heterocycles. The second-order valence-electron chi connectivity index (χ2n) is 10.2. The minimum Gasteiger partial charge on any atom is -0.467 e. The van der Waals surface area contributed by atoms with Crippen LogP contribution >= 0.6 is 0 Å². The van der Waals surface area contributed by atoms with Crippen molar-refractivity contribution in [2.24, 2.45) is 11.0 Å². The number of methoxy groups -OCH3 is 1. The van der Waals surface area contributed by atoms with Crippen molar-refractivity contribution in [1.29, 1.82) is 0 Å². The first-order valence-electron chi connectivity index (χ1n) is 12.4. The number of ether oxygens (including phenoxy) is 3. The SMILES string of the molecule is C=CCC1CN(S(=O)(=O)NC[C@H](NC(=O)OC(C)(C)C)C(=O)OC)C[C@@]1(N=[N+]=[N-])C(=O)O[C@H](C)c1ccccc1. The highest BCUT2D eigenvalue weighted by molar-refractivity contribution is 7.87. The van der Waals surface area contributed by atoms with E-state index in [1.165, 1.54) is 6.08 Å². The van der Waals surface area contributed by atoms with Crippen LogP contribution in [0.25, 0.3) is 10.4 Å². The van der Waals surface area contributed by atoms with Gasteiger partial charge in [-0.2, -0.15) is 17.4 Å². The molecular weight excluding hydrogens is 544 g/mol. The van der Waals surface area contributed by atoms with Gasteiger partial charge in [-0.25, -0.2) is 9.59 Å². The highest BCUT2D eigenvalue weighted by Gasteiger charge is 2.55. The minimum absolute atomic E-state index is 0.144. The van der Waals surface area contributed by atoms with Gasteiger partial charge in [0.05, 0.1) is 7.11 Å². The predicted molar refractivity (Wildman–Crippen MR) is 145 cm³/mol. The number of amides is 1. The van der Waals surface area contributed by atoms with E-state index < -0.39 is 70.5 Å². The van der Waals surface area contributed by atoms with Crippen molar-refractivity contribution >= 4 is 28.2 Å². The van der Waals surface area contributed by atoms with E-state index in [0.29, 0.717) is 5.56 Å². The van der Waals surface area contributed by atoms with Crippen molar-refractivity contribution in [3.05, 3.63) is 59.0 Å². The predicted octanol–water partition coefficient (Wildman–Crippen LogP) is 2.75. The van der Waals surface area contributed by atoms with Crippen molar-refractivity contribution in [1.82, 2.24) is 14.3 Å². The number of nitrogens with zero attached hydrogens (tertiary/aromatic N) is 4. The van der Waals surface area contributed by atoms with Crippen LogP contribution in [0.2, 0.25) is 0 Å². The molecule has 0 bridgehead atoms. The molecule has 40 heavy (non-hydrogen) atoms. The number of rotatable bonds is 12. The maximum absolute atomic E-state index is 13.4. The number of azide groups is 1. The van der Waals surface area contributed by atoms with Gasteiger partial charge in [0.25, 0.3) is 10.2 Å². The van der Waals surface area contributed by atoms with Gasteiger partial charge in [0.1, 0.15) is 17.7 Å². The fraction of sp³-hybridized carbons (Fsp3) is 0.560. The summed E-state index contributed by atoms with van der Waals surface area (Å²) in [6.07, 6.45) is -0.0218. The zero-order chi connectivity index (χ0) is 30.1. The summed E-state index contributed by atoms with van der Waals surface area (Å²) in [4.78, 5) is 40.7. The number of alkyl carbamates (subject to hydrolysis) is 1. The quantitative estimate of drug-likeness (QED) is 0.0942. The Morgan fingerprint density at radius 1 is 1.30 bits per heavy atom. The highest BCUT2D eigenvalue weighted by atomic mass is 32.2. The molecule has 0 aliphatic carbocycles. The number of carbonyl (C=O) groups is 3. The lowest BCUT2D eigenvalue weighted by Gasteiger charge is -2.28. The molecular formula is C25H36N6O8S. The molecule has 0 aromatic heterocycles. The second-order valence-corrected chi connectivity index (χ2v) is 11.9. The monoisotopic (exact) mass is 580 g/mol. The third-order valence-electron chi connectivity index (χ3n) is 6.08. The number of hydrogen-bond donors (Lipinski definition) is 2. The summed E-state index contributed by atoms with van der Waals surface area (Å²) in [5, 5.41) is 6.03. The molecule has 1 aromatic rings. The molecule has 14 nitrogen and oxygen atoms in total. The standard InChI is InChI=1S/C25H36N6O8S/c1-7-11-19-15-31(16-25(19,29-30-26)22(33)38-17(2)18-12-9-8-10-13-18)40(35,36)27-14-20(21(32)37-6)28-23(34)39-24(3,4)5/h7-10,12-13,17,19-20,27H,1,11,14-16H2,2-6H3,(H,28,34)/t17-,19?,20+,25+/m1/s1. The zero-order valence-electron chi connectivity index (χ0n) is 23.2. The Balaban J connectivity index is 2.26. The molecule has 2 rings (SSSR count). The van der Waals surface area contributed by atoms with E-state index >= 15 is 0 Å². The molecule has 0 radical (unpaired) electrons. The highest BCUT2D eigenvalue weighted by Crippen LogP contribution is 2.38. The van der Waals surface area contributed by atoms with Crippen LogP contribution in [0.15, 0.2) is 48.1 Å². The van der Waals surface area contributed by atoms with Crippen LogP contribution in [-0.2, 0) is 34.0 Å². The van der Waals surface area contributed by atoms with Crippen molar-refractivity contribution in [3.8, 4) is 0 Å². The summed E-state index contributed by atoms with van der Waals surface area (Å²) >= 11 is 0. The zero-order valence-corrected chi connectivity index (χ0v) is 24.0. The molecule has 220 valence electrons. The van der Waals surface area contributed by atoms with Gasteiger partial charge < -0.3 is 19.5 Å². The molecule has 1 aromatic carbocycles. The minimum atomic E-state index is -4.36. The molecule has 0 saturated carbocycles. The fourth-order valence-electron chi connectivity index (χ4n) is 4.10. The van der Waals surface area contributed by atoms with Crippen LogP contribution in [-0.4, -0.2) is 74.7 Å². The second kappa shape index (κ2) is 13.6. The van der Waals surface area contributed by atoms with Crippen LogP contribution < -0.4 is 10.0 Å². The summed E-state index contributed by atoms with van der Waals surface area (Å²) < 4.78 is 45.2. The van der Waals surface area contributed by atoms with Crippen molar-refractivity contribution in [2.75, 3.05) is 26.7 Å². The molecule has 1 aliphatic heterocycles. The maximum atomic E-state index is 13.4. The molecule has 1 saturated heterocycles. The van der Waals surface area contributed by atoms with Gasteiger partial charge in [-0.3, -0.25) is 4.79 Å². The number of hydrogen-bond acceptors (Lipinski definition) is 9. The number of nitrogens with one attached hydrogen (secondary N) is 2. The Bertz CT molecular complexity index is 1230. The molecule has 1 unspecified atom stereocenters. The number of esters is 2. The first-order valence-corrected chi connectivity index (χ1v) is 13.9. The normalized spacial score (nSPS) is 20.9. The molecule has 1 fully saturated rings. The van der Waals surface area contributed by atoms with Crippen molar-refractivity contribution in [3.63, 3.8) is 0 Å². The lowest BCUT2D eigenvalue weighted by molar-refractivity contribution is -0.156. The van der Waals surface area contributed by atoms with E-state index in [1.54, 1.807) is 58.0 Å². The molecule has 0 spiro atoms. The number of allylic oxidation sites excluding steroid dienone is 1. The van der Waals surface area contributed by atoms with Crippen LogP contribution in [0.1, 0.15) is 45.8 Å². The van der Waals surface area contributed by atoms with E-state index in [0.717, 1.165) is 11.4 Å². The van der Waals surface area contributed by atoms with Gasteiger partial charge in [-0.05, 0) is 51.1 Å². The average Bonchev–Trinajstić information content (AvgIpc) is 3.26. The van der Waals surface area contributed by atoms with Crippen molar-refractivity contribution in [2.45, 2.75) is 57.4 Å². The van der Waals surface area contributed by atoms with Crippen LogP contribution in [0, 0.1) is 5.92 Å². The molecule has 4 atom stereocenters. The summed E-state index contributed by atoms with van der Waals surface area (Å²) in [5.74, 6) is -2.59. The van der Waals surface area contributed by atoms with Gasteiger partial charge >= 0.3 is 18.0 Å². The Morgan fingerprint density at radius 2 is 1.95 bits per heavy atom. The third kappa shape index (κ3) is 8.42. The van der Waals surface area contributed by atoms with Gasteiger partial charge in [0, 0.05) is 24.5 Å². The van der Waals surface area contributed by atoms with Crippen LogP contribution in [0.3, 0.4) is 0 Å². The molecule has 1 aliphatic rings. The number of carbonyl (C=O) groups excluding carboxylic acids is 3. The third-order valence-corrected chi connectivity index (χ3v) is 7.57. The van der Waals surface area contributed by atoms with Crippen LogP contribution in [0.4, 0.5) is 4.79 Å². The lowest BCUT2D eigenvalue weighted by atomic mass is 9.85. The van der Waals surface area contributed by atoms with Crippen LogP contribution in [0.5, 0.6) is 0 Å². The van der Waals surface area contributed by atoms with Crippen molar-refractivity contribution < 1.29 is 37.0 Å². The van der Waals surface area contributed by atoms with E-state index in [2.05, 4.69) is 31.4 Å². The first kappa shape index (κ1) is 32.6. The fourth-order valence-corrected chi connectivity index (χ4v) is 5.40. The average molecular weight is 581 g/mol.